The zero-order chi connectivity index (χ0) is 20.0. The Hall–Kier alpha value is -2.66. The number of benzene rings is 2. The predicted molar refractivity (Wildman–Crippen MR) is 109 cm³/mol. The van der Waals surface area contributed by atoms with Gasteiger partial charge in [-0.1, -0.05) is 43.7 Å². The molecule has 0 saturated carbocycles. The lowest BCUT2D eigenvalue weighted by Gasteiger charge is -2.49. The summed E-state index contributed by atoms with van der Waals surface area (Å²) in [5, 5.41) is 3.05. The first kappa shape index (κ1) is 20.1. The average Bonchev–Trinajstić information content (AvgIpc) is 2.71. The van der Waals surface area contributed by atoms with Crippen LogP contribution < -0.4 is 10.1 Å². The number of nitrogens with zero attached hydrogens (tertiary/aromatic N) is 1. The lowest BCUT2D eigenvalue weighted by atomic mass is 9.85. The number of unbranched alkanes of at least 4 members (excludes halogenated alkanes) is 1. The molecular formula is C23H28N2O3. The quantitative estimate of drug-likeness (QED) is 0.430. The number of amides is 1. The van der Waals surface area contributed by atoms with Gasteiger partial charge in [0, 0.05) is 19.6 Å². The molecule has 0 spiro atoms. The van der Waals surface area contributed by atoms with Gasteiger partial charge in [-0.3, -0.25) is 9.69 Å². The van der Waals surface area contributed by atoms with E-state index in [1.54, 1.807) is 18.2 Å². The van der Waals surface area contributed by atoms with Crippen molar-refractivity contribution >= 4 is 11.9 Å². The van der Waals surface area contributed by atoms with Crippen LogP contribution in [0.3, 0.4) is 0 Å². The van der Waals surface area contributed by atoms with E-state index in [2.05, 4.69) is 17.1 Å². The van der Waals surface area contributed by atoms with Gasteiger partial charge in [-0.25, -0.2) is 4.79 Å². The third-order valence-corrected chi connectivity index (χ3v) is 5.36. The van der Waals surface area contributed by atoms with Gasteiger partial charge < -0.3 is 10.1 Å². The fourth-order valence-corrected chi connectivity index (χ4v) is 3.35. The van der Waals surface area contributed by atoms with Crippen LogP contribution in [0.1, 0.15) is 49.0 Å². The summed E-state index contributed by atoms with van der Waals surface area (Å²) in [4.78, 5) is 27.0. The molecule has 1 heterocycles. The maximum Gasteiger partial charge on any atom is 0.343 e. The molecule has 1 atom stereocenters. The van der Waals surface area contributed by atoms with Gasteiger partial charge in [0.25, 0.3) is 0 Å². The van der Waals surface area contributed by atoms with Crippen LogP contribution in [0.2, 0.25) is 0 Å². The van der Waals surface area contributed by atoms with Crippen molar-refractivity contribution < 1.29 is 14.3 Å². The number of carbonyl (C=O) groups is 2. The van der Waals surface area contributed by atoms with Gasteiger partial charge in [-0.05, 0) is 49.6 Å². The summed E-state index contributed by atoms with van der Waals surface area (Å²) in [6.07, 6.45) is 2.92. The molecule has 1 unspecified atom stereocenters. The van der Waals surface area contributed by atoms with Crippen LogP contribution in [0, 0.1) is 0 Å². The topological polar surface area (TPSA) is 58.6 Å². The minimum atomic E-state index is -0.468. The van der Waals surface area contributed by atoms with Crippen LogP contribution >= 0.6 is 0 Å². The number of hydrogen-bond donors (Lipinski definition) is 1. The number of nitrogens with one attached hydrogen (secondary N) is 1. The van der Waals surface area contributed by atoms with Crippen molar-refractivity contribution in [2.45, 2.75) is 45.2 Å². The van der Waals surface area contributed by atoms with Crippen LogP contribution in [0.5, 0.6) is 5.75 Å². The molecule has 28 heavy (non-hydrogen) atoms. The van der Waals surface area contributed by atoms with Crippen molar-refractivity contribution in [1.82, 2.24) is 10.2 Å². The third-order valence-electron chi connectivity index (χ3n) is 5.36. The smallest absolute Gasteiger partial charge is 0.343 e. The lowest BCUT2D eigenvalue weighted by molar-refractivity contribution is -0.141. The van der Waals surface area contributed by atoms with Crippen molar-refractivity contribution in [2.24, 2.45) is 0 Å². The van der Waals surface area contributed by atoms with E-state index in [0.29, 0.717) is 17.9 Å². The number of rotatable bonds is 8. The van der Waals surface area contributed by atoms with E-state index in [0.717, 1.165) is 37.9 Å². The van der Waals surface area contributed by atoms with E-state index >= 15 is 0 Å². The Kier molecular flexibility index (Phi) is 6.47. The number of likely N-dealkylation sites (tertiary alicyclic amines) is 1. The summed E-state index contributed by atoms with van der Waals surface area (Å²) in [7, 11) is 0. The van der Waals surface area contributed by atoms with E-state index in [-0.39, 0.29) is 11.9 Å². The van der Waals surface area contributed by atoms with Gasteiger partial charge in [0.2, 0.25) is 5.91 Å². The Balaban J connectivity index is 1.61. The van der Waals surface area contributed by atoms with Crippen molar-refractivity contribution in [3.8, 4) is 5.75 Å². The number of hydrogen-bond acceptors (Lipinski definition) is 4. The number of carbonyl (C=O) groups excluding carboxylic acids is 2. The second-order valence-corrected chi connectivity index (χ2v) is 7.46. The molecule has 5 nitrogen and oxygen atoms in total. The molecule has 3 rings (SSSR count). The van der Waals surface area contributed by atoms with Crippen molar-refractivity contribution in [3.05, 3.63) is 65.7 Å². The maximum atomic E-state index is 12.6. The molecule has 0 aromatic heterocycles. The summed E-state index contributed by atoms with van der Waals surface area (Å²) in [6, 6.07) is 16.5. The van der Waals surface area contributed by atoms with Crippen LogP contribution in [-0.4, -0.2) is 35.4 Å². The first-order valence-corrected chi connectivity index (χ1v) is 9.92. The Morgan fingerprint density at radius 2 is 1.93 bits per heavy atom. The second-order valence-electron chi connectivity index (χ2n) is 7.46. The van der Waals surface area contributed by atoms with Crippen LogP contribution in [-0.2, 0) is 11.3 Å². The Morgan fingerprint density at radius 3 is 2.61 bits per heavy atom. The summed E-state index contributed by atoms with van der Waals surface area (Å²) in [5.74, 6) is 0.238. The fourth-order valence-electron chi connectivity index (χ4n) is 3.35. The highest BCUT2D eigenvalue weighted by molar-refractivity contribution is 5.91. The summed E-state index contributed by atoms with van der Waals surface area (Å²) in [6.45, 7) is 6.36. The molecule has 1 fully saturated rings. The van der Waals surface area contributed by atoms with Crippen molar-refractivity contribution in [2.75, 3.05) is 13.1 Å². The molecule has 1 saturated heterocycles. The molecular weight excluding hydrogens is 352 g/mol. The Bertz CT molecular complexity index is 822. The molecule has 0 bridgehead atoms. The van der Waals surface area contributed by atoms with Gasteiger partial charge >= 0.3 is 5.97 Å². The SMILES string of the molecule is CCCCNC(=O)C1(C)CCN1Cc1cccc(OC(=O)c2ccccc2)c1. The van der Waals surface area contributed by atoms with Gasteiger partial charge in [0.15, 0.2) is 0 Å². The van der Waals surface area contributed by atoms with Crippen molar-refractivity contribution in [3.63, 3.8) is 0 Å². The van der Waals surface area contributed by atoms with Crippen molar-refractivity contribution in [1.29, 1.82) is 0 Å². The van der Waals surface area contributed by atoms with Crippen LogP contribution in [0.4, 0.5) is 0 Å². The third kappa shape index (κ3) is 4.60. The highest BCUT2D eigenvalue weighted by Gasteiger charge is 2.46. The highest BCUT2D eigenvalue weighted by atomic mass is 16.5. The van der Waals surface area contributed by atoms with Gasteiger partial charge in [-0.2, -0.15) is 0 Å². The van der Waals surface area contributed by atoms with E-state index < -0.39 is 5.54 Å². The highest BCUT2D eigenvalue weighted by Crippen LogP contribution is 2.32. The summed E-state index contributed by atoms with van der Waals surface area (Å²) < 4.78 is 5.50. The molecule has 5 heteroatoms. The van der Waals surface area contributed by atoms with Crippen LogP contribution in [0.15, 0.2) is 54.6 Å². The number of esters is 1. The van der Waals surface area contributed by atoms with Gasteiger partial charge in [-0.15, -0.1) is 0 Å². The Labute approximate surface area is 166 Å². The van der Waals surface area contributed by atoms with Gasteiger partial charge in [0.05, 0.1) is 11.1 Å². The number of ether oxygens (including phenoxy) is 1. The first-order chi connectivity index (χ1) is 13.5. The normalized spacial score (nSPS) is 18.9. The molecule has 0 aliphatic carbocycles. The van der Waals surface area contributed by atoms with E-state index in [9.17, 15) is 9.59 Å². The predicted octanol–water partition coefficient (Wildman–Crippen LogP) is 3.79. The zero-order valence-electron chi connectivity index (χ0n) is 16.6. The minimum absolute atomic E-state index is 0.0962. The lowest BCUT2D eigenvalue weighted by Crippen LogP contribution is -2.65. The molecule has 2 aromatic carbocycles. The monoisotopic (exact) mass is 380 g/mol. The summed E-state index contributed by atoms with van der Waals surface area (Å²) in [5.41, 5.74) is 1.07. The fraction of sp³-hybridized carbons (Fsp3) is 0.391. The molecule has 2 aromatic rings. The standard InChI is InChI=1S/C23H28N2O3/c1-3-4-14-24-22(27)23(2)13-15-25(23)17-18-9-8-12-20(16-18)28-21(26)19-10-6-5-7-11-19/h5-12,16H,3-4,13-15,17H2,1-2H3,(H,24,27). The van der Waals surface area contributed by atoms with Crippen LogP contribution in [0.25, 0.3) is 0 Å². The van der Waals surface area contributed by atoms with Gasteiger partial charge in [0.1, 0.15) is 5.75 Å². The molecule has 1 aliphatic heterocycles. The van der Waals surface area contributed by atoms with E-state index in [4.69, 9.17) is 4.74 Å². The largest absolute Gasteiger partial charge is 0.423 e. The minimum Gasteiger partial charge on any atom is -0.423 e. The molecule has 148 valence electrons. The Morgan fingerprint density at radius 1 is 1.14 bits per heavy atom. The van der Waals surface area contributed by atoms with E-state index in [1.807, 2.05) is 43.3 Å². The average molecular weight is 380 g/mol. The molecule has 1 aliphatic rings. The van der Waals surface area contributed by atoms with E-state index in [1.165, 1.54) is 0 Å². The first-order valence-electron chi connectivity index (χ1n) is 9.92. The summed E-state index contributed by atoms with van der Waals surface area (Å²) >= 11 is 0. The zero-order valence-corrected chi connectivity index (χ0v) is 16.6. The maximum absolute atomic E-state index is 12.6. The second kappa shape index (κ2) is 9.02. The molecule has 0 radical (unpaired) electrons. The molecule has 1 amide bonds. The molecule has 1 N–H and O–H groups in total.